The van der Waals surface area contributed by atoms with Crippen LogP contribution in [0.25, 0.3) is 21.8 Å². The number of hydrogen-bond acceptors (Lipinski definition) is 2. The van der Waals surface area contributed by atoms with E-state index in [1.165, 1.54) is 17.2 Å². The van der Waals surface area contributed by atoms with Gasteiger partial charge in [-0.3, -0.25) is 0 Å². The number of hydrogen-bond donors (Lipinski definition) is 2. The first-order valence-corrected chi connectivity index (χ1v) is 6.89. The van der Waals surface area contributed by atoms with Crippen LogP contribution in [0.4, 0.5) is 5.82 Å². The van der Waals surface area contributed by atoms with Gasteiger partial charge in [-0.05, 0) is 18.1 Å². The molecule has 0 radical (unpaired) electrons. The Kier molecular flexibility index (Phi) is 3.11. The molecule has 1 atom stereocenters. The lowest BCUT2D eigenvalue weighted by Crippen LogP contribution is -2.11. The SMILES string of the molecule is CCC(C)CNc1nccc2[nH]c3ccccc3c12. The van der Waals surface area contributed by atoms with Crippen molar-refractivity contribution in [3.05, 3.63) is 36.5 Å². The number of nitrogens with zero attached hydrogens (tertiary/aromatic N) is 1. The van der Waals surface area contributed by atoms with Crippen LogP contribution < -0.4 is 5.32 Å². The summed E-state index contributed by atoms with van der Waals surface area (Å²) >= 11 is 0. The van der Waals surface area contributed by atoms with Gasteiger partial charge in [-0.15, -0.1) is 0 Å². The molecule has 0 aliphatic carbocycles. The topological polar surface area (TPSA) is 40.7 Å². The largest absolute Gasteiger partial charge is 0.369 e. The first-order valence-electron chi connectivity index (χ1n) is 6.89. The van der Waals surface area contributed by atoms with Crippen molar-refractivity contribution in [3.63, 3.8) is 0 Å². The number of rotatable bonds is 4. The predicted octanol–water partition coefficient (Wildman–Crippen LogP) is 4.17. The summed E-state index contributed by atoms with van der Waals surface area (Å²) in [5, 5.41) is 5.91. The van der Waals surface area contributed by atoms with Crippen LogP contribution in [0.3, 0.4) is 0 Å². The Morgan fingerprint density at radius 2 is 2.05 bits per heavy atom. The molecular weight excluding hydrogens is 234 g/mol. The Balaban J connectivity index is 2.08. The van der Waals surface area contributed by atoms with E-state index < -0.39 is 0 Å². The second-order valence-corrected chi connectivity index (χ2v) is 5.15. The molecule has 0 saturated heterocycles. The fourth-order valence-corrected chi connectivity index (χ4v) is 2.34. The van der Waals surface area contributed by atoms with Crippen molar-refractivity contribution in [1.82, 2.24) is 9.97 Å². The lowest BCUT2D eigenvalue weighted by Gasteiger charge is -2.11. The highest BCUT2D eigenvalue weighted by molar-refractivity contribution is 6.12. The van der Waals surface area contributed by atoms with Crippen LogP contribution in [0.15, 0.2) is 36.5 Å². The van der Waals surface area contributed by atoms with Crippen LogP contribution in [-0.2, 0) is 0 Å². The van der Waals surface area contributed by atoms with Crippen LogP contribution in [0.2, 0.25) is 0 Å². The van der Waals surface area contributed by atoms with E-state index in [0.717, 1.165) is 23.4 Å². The first kappa shape index (κ1) is 12.0. The average molecular weight is 253 g/mol. The maximum absolute atomic E-state index is 4.50. The van der Waals surface area contributed by atoms with Crippen molar-refractivity contribution in [2.75, 3.05) is 11.9 Å². The van der Waals surface area contributed by atoms with E-state index in [4.69, 9.17) is 0 Å². The maximum Gasteiger partial charge on any atom is 0.136 e. The second kappa shape index (κ2) is 4.92. The Labute approximate surface area is 113 Å². The van der Waals surface area contributed by atoms with Crippen LogP contribution in [0.1, 0.15) is 20.3 Å². The zero-order chi connectivity index (χ0) is 13.2. The highest BCUT2D eigenvalue weighted by Gasteiger charge is 2.09. The standard InChI is InChI=1S/C16H19N3/c1-3-11(2)10-18-16-15-12-6-4-5-7-13(12)19-14(15)8-9-17-16/h4-9,11,19H,3,10H2,1-2H3,(H,17,18). The van der Waals surface area contributed by atoms with Crippen LogP contribution >= 0.6 is 0 Å². The van der Waals surface area contributed by atoms with E-state index in [0.29, 0.717) is 5.92 Å². The molecule has 98 valence electrons. The normalized spacial score (nSPS) is 12.9. The molecule has 0 aliphatic heterocycles. The van der Waals surface area contributed by atoms with Gasteiger partial charge >= 0.3 is 0 Å². The lowest BCUT2D eigenvalue weighted by molar-refractivity contribution is 0.593. The van der Waals surface area contributed by atoms with E-state index in [1.807, 2.05) is 12.3 Å². The van der Waals surface area contributed by atoms with E-state index in [1.54, 1.807) is 0 Å². The minimum atomic E-state index is 0.655. The summed E-state index contributed by atoms with van der Waals surface area (Å²) in [6, 6.07) is 10.4. The number of H-pyrrole nitrogens is 1. The van der Waals surface area contributed by atoms with Crippen molar-refractivity contribution in [1.29, 1.82) is 0 Å². The lowest BCUT2D eigenvalue weighted by atomic mass is 10.1. The molecule has 2 heterocycles. The van der Waals surface area contributed by atoms with Crippen molar-refractivity contribution < 1.29 is 0 Å². The molecule has 2 aromatic heterocycles. The zero-order valence-electron chi connectivity index (χ0n) is 11.4. The Morgan fingerprint density at radius 1 is 1.21 bits per heavy atom. The molecule has 0 fully saturated rings. The van der Waals surface area contributed by atoms with Crippen LogP contribution in [-0.4, -0.2) is 16.5 Å². The van der Waals surface area contributed by atoms with Crippen LogP contribution in [0, 0.1) is 5.92 Å². The minimum absolute atomic E-state index is 0.655. The number of aromatic amines is 1. The number of nitrogens with one attached hydrogen (secondary N) is 2. The molecule has 0 amide bonds. The van der Waals surface area contributed by atoms with Gasteiger partial charge in [0.1, 0.15) is 5.82 Å². The maximum atomic E-state index is 4.50. The van der Waals surface area contributed by atoms with Gasteiger partial charge in [0, 0.05) is 29.0 Å². The van der Waals surface area contributed by atoms with Crippen molar-refractivity contribution in [2.45, 2.75) is 20.3 Å². The monoisotopic (exact) mass is 253 g/mol. The van der Waals surface area contributed by atoms with Gasteiger partial charge in [-0.1, -0.05) is 38.5 Å². The number of benzene rings is 1. The predicted molar refractivity (Wildman–Crippen MR) is 81.5 cm³/mol. The van der Waals surface area contributed by atoms with Crippen molar-refractivity contribution in [3.8, 4) is 0 Å². The third kappa shape index (κ3) is 2.16. The third-order valence-corrected chi connectivity index (χ3v) is 3.73. The van der Waals surface area contributed by atoms with Gasteiger partial charge in [0.15, 0.2) is 0 Å². The number of aromatic nitrogens is 2. The number of pyridine rings is 1. The average Bonchev–Trinajstić information content (AvgIpc) is 2.83. The molecule has 3 rings (SSSR count). The fourth-order valence-electron chi connectivity index (χ4n) is 2.34. The molecule has 3 heteroatoms. The van der Waals surface area contributed by atoms with Gasteiger partial charge in [0.25, 0.3) is 0 Å². The van der Waals surface area contributed by atoms with Gasteiger partial charge in [-0.25, -0.2) is 4.98 Å². The van der Waals surface area contributed by atoms with Gasteiger partial charge < -0.3 is 10.3 Å². The quantitative estimate of drug-likeness (QED) is 0.732. The number of para-hydroxylation sites is 1. The smallest absolute Gasteiger partial charge is 0.136 e. The molecule has 0 bridgehead atoms. The summed E-state index contributed by atoms with van der Waals surface area (Å²) in [7, 11) is 0. The number of fused-ring (bicyclic) bond motifs is 3. The first-order chi connectivity index (χ1) is 9.29. The molecular formula is C16H19N3. The summed E-state index contributed by atoms with van der Waals surface area (Å²) < 4.78 is 0. The zero-order valence-corrected chi connectivity index (χ0v) is 11.4. The summed E-state index contributed by atoms with van der Waals surface area (Å²) in [5.41, 5.74) is 2.31. The fraction of sp³-hybridized carbons (Fsp3) is 0.312. The number of anilines is 1. The van der Waals surface area contributed by atoms with Gasteiger partial charge in [-0.2, -0.15) is 0 Å². The second-order valence-electron chi connectivity index (χ2n) is 5.15. The molecule has 3 nitrogen and oxygen atoms in total. The summed E-state index contributed by atoms with van der Waals surface area (Å²) in [4.78, 5) is 7.94. The van der Waals surface area contributed by atoms with Gasteiger partial charge in [0.2, 0.25) is 0 Å². The van der Waals surface area contributed by atoms with Crippen LogP contribution in [0.5, 0.6) is 0 Å². The Morgan fingerprint density at radius 3 is 2.89 bits per heavy atom. The molecule has 19 heavy (non-hydrogen) atoms. The van der Waals surface area contributed by atoms with Crippen molar-refractivity contribution in [2.24, 2.45) is 5.92 Å². The van der Waals surface area contributed by atoms with E-state index in [9.17, 15) is 0 Å². The molecule has 0 saturated carbocycles. The Hall–Kier alpha value is -2.03. The summed E-state index contributed by atoms with van der Waals surface area (Å²) in [6.07, 6.45) is 3.04. The van der Waals surface area contributed by atoms with E-state index in [2.05, 4.69) is 53.4 Å². The van der Waals surface area contributed by atoms with E-state index in [-0.39, 0.29) is 0 Å². The Bertz CT molecular complexity index is 699. The van der Waals surface area contributed by atoms with E-state index >= 15 is 0 Å². The van der Waals surface area contributed by atoms with Gasteiger partial charge in [0.05, 0.1) is 5.52 Å². The van der Waals surface area contributed by atoms with Crippen molar-refractivity contribution >= 4 is 27.6 Å². The summed E-state index contributed by atoms with van der Waals surface area (Å²) in [5.74, 6) is 1.64. The highest BCUT2D eigenvalue weighted by atomic mass is 15.0. The molecule has 1 aromatic carbocycles. The molecule has 3 aromatic rings. The summed E-state index contributed by atoms with van der Waals surface area (Å²) in [6.45, 7) is 5.43. The molecule has 0 spiro atoms. The highest BCUT2D eigenvalue weighted by Crippen LogP contribution is 2.29. The molecule has 0 aliphatic rings. The third-order valence-electron chi connectivity index (χ3n) is 3.73. The molecule has 2 N–H and O–H groups in total. The molecule has 1 unspecified atom stereocenters. The minimum Gasteiger partial charge on any atom is -0.369 e.